The van der Waals surface area contributed by atoms with Crippen molar-refractivity contribution in [3.8, 4) is 0 Å². The van der Waals surface area contributed by atoms with E-state index in [-0.39, 0.29) is 6.04 Å². The van der Waals surface area contributed by atoms with E-state index in [2.05, 4.69) is 56.1 Å². The van der Waals surface area contributed by atoms with Gasteiger partial charge in [-0.05, 0) is 38.8 Å². The molecule has 0 spiro atoms. The normalized spacial score (nSPS) is 14.7. The summed E-state index contributed by atoms with van der Waals surface area (Å²) < 4.78 is 0. The first kappa shape index (κ1) is 15.2. The minimum Gasteiger partial charge on any atom is -0.327 e. The lowest BCUT2D eigenvalue weighted by atomic mass is 10.0. The van der Waals surface area contributed by atoms with Crippen molar-refractivity contribution in [1.82, 2.24) is 4.90 Å². The van der Waals surface area contributed by atoms with Crippen LogP contribution in [-0.2, 0) is 6.42 Å². The lowest BCUT2D eigenvalue weighted by Crippen LogP contribution is -2.40. The van der Waals surface area contributed by atoms with Crippen molar-refractivity contribution in [2.75, 3.05) is 13.6 Å². The molecule has 1 aromatic carbocycles. The number of rotatable bonds is 8. The Labute approximate surface area is 112 Å². The molecular formula is C16H28N2. The van der Waals surface area contributed by atoms with Gasteiger partial charge in [-0.2, -0.15) is 0 Å². The molecule has 0 saturated heterocycles. The van der Waals surface area contributed by atoms with E-state index in [1.54, 1.807) is 0 Å². The van der Waals surface area contributed by atoms with Crippen molar-refractivity contribution in [2.24, 2.45) is 5.73 Å². The van der Waals surface area contributed by atoms with Crippen LogP contribution in [0.1, 0.15) is 38.7 Å². The Balaban J connectivity index is 2.27. The number of hydrogen-bond donors (Lipinski definition) is 1. The fourth-order valence-corrected chi connectivity index (χ4v) is 2.28. The number of benzene rings is 1. The van der Waals surface area contributed by atoms with E-state index in [4.69, 9.17) is 5.73 Å². The van der Waals surface area contributed by atoms with Crippen LogP contribution in [0.25, 0.3) is 0 Å². The topological polar surface area (TPSA) is 29.3 Å². The van der Waals surface area contributed by atoms with E-state index in [0.717, 1.165) is 19.4 Å². The summed E-state index contributed by atoms with van der Waals surface area (Å²) in [6, 6.07) is 11.5. The van der Waals surface area contributed by atoms with Gasteiger partial charge in [-0.1, -0.05) is 43.7 Å². The van der Waals surface area contributed by atoms with Crippen molar-refractivity contribution in [3.63, 3.8) is 0 Å². The summed E-state index contributed by atoms with van der Waals surface area (Å²) in [4.78, 5) is 2.39. The van der Waals surface area contributed by atoms with Gasteiger partial charge in [0.05, 0.1) is 0 Å². The third-order valence-corrected chi connectivity index (χ3v) is 3.63. The Bertz CT molecular complexity index is 310. The maximum atomic E-state index is 6.21. The Morgan fingerprint density at radius 2 is 1.83 bits per heavy atom. The third-order valence-electron chi connectivity index (χ3n) is 3.63. The van der Waals surface area contributed by atoms with Crippen LogP contribution in [-0.4, -0.2) is 30.6 Å². The zero-order chi connectivity index (χ0) is 13.4. The van der Waals surface area contributed by atoms with Crippen molar-refractivity contribution >= 4 is 0 Å². The number of nitrogens with two attached hydrogens (primary N) is 1. The van der Waals surface area contributed by atoms with E-state index < -0.39 is 0 Å². The van der Waals surface area contributed by atoms with Gasteiger partial charge in [0, 0.05) is 18.6 Å². The van der Waals surface area contributed by atoms with Crippen molar-refractivity contribution in [3.05, 3.63) is 35.9 Å². The third kappa shape index (κ3) is 5.65. The average Bonchev–Trinajstić information content (AvgIpc) is 2.38. The highest BCUT2D eigenvalue weighted by atomic mass is 15.1. The molecule has 0 radical (unpaired) electrons. The molecule has 0 fully saturated rings. The van der Waals surface area contributed by atoms with Gasteiger partial charge < -0.3 is 10.6 Å². The molecule has 102 valence electrons. The van der Waals surface area contributed by atoms with Gasteiger partial charge in [0.2, 0.25) is 0 Å². The molecule has 0 aromatic heterocycles. The van der Waals surface area contributed by atoms with Crippen LogP contribution >= 0.6 is 0 Å². The molecule has 1 unspecified atom stereocenters. The zero-order valence-electron chi connectivity index (χ0n) is 12.1. The molecule has 0 bridgehead atoms. The fourth-order valence-electron chi connectivity index (χ4n) is 2.28. The first-order valence-electron chi connectivity index (χ1n) is 7.13. The standard InChI is InChI=1S/C16H28N2/c1-4-8-14(2)18(3)13-16(17)12-11-15-9-6-5-7-10-15/h5-7,9-10,14,16H,4,8,11-13,17H2,1-3H3/t14?,16-/m0/s1. The van der Waals surface area contributed by atoms with Crippen LogP contribution in [0, 0.1) is 0 Å². The van der Waals surface area contributed by atoms with Crippen LogP contribution in [0.5, 0.6) is 0 Å². The molecule has 1 aromatic rings. The highest BCUT2D eigenvalue weighted by Gasteiger charge is 2.12. The largest absolute Gasteiger partial charge is 0.327 e. The monoisotopic (exact) mass is 248 g/mol. The van der Waals surface area contributed by atoms with Crippen molar-refractivity contribution in [2.45, 2.75) is 51.6 Å². The minimum absolute atomic E-state index is 0.273. The van der Waals surface area contributed by atoms with E-state index in [9.17, 15) is 0 Å². The molecule has 2 heteroatoms. The van der Waals surface area contributed by atoms with Gasteiger partial charge in [-0.15, -0.1) is 0 Å². The highest BCUT2D eigenvalue weighted by molar-refractivity contribution is 5.14. The molecule has 2 atom stereocenters. The molecule has 0 aliphatic rings. The van der Waals surface area contributed by atoms with Crippen molar-refractivity contribution < 1.29 is 0 Å². The Kier molecular flexibility index (Phi) is 6.99. The summed E-state index contributed by atoms with van der Waals surface area (Å²) in [5, 5.41) is 0. The lowest BCUT2D eigenvalue weighted by Gasteiger charge is -2.27. The van der Waals surface area contributed by atoms with Crippen LogP contribution in [0.4, 0.5) is 0 Å². The smallest absolute Gasteiger partial charge is 0.0170 e. The quantitative estimate of drug-likeness (QED) is 0.766. The minimum atomic E-state index is 0.273. The molecule has 0 heterocycles. The summed E-state index contributed by atoms with van der Waals surface area (Å²) in [6.45, 7) is 5.51. The number of nitrogens with zero attached hydrogens (tertiary/aromatic N) is 1. The van der Waals surface area contributed by atoms with Gasteiger partial charge in [0.15, 0.2) is 0 Å². The molecule has 1 rings (SSSR count). The summed E-state index contributed by atoms with van der Waals surface area (Å²) in [7, 11) is 2.18. The van der Waals surface area contributed by atoms with Crippen LogP contribution in [0.2, 0.25) is 0 Å². The molecule has 0 amide bonds. The van der Waals surface area contributed by atoms with E-state index >= 15 is 0 Å². The summed E-state index contributed by atoms with van der Waals surface area (Å²) >= 11 is 0. The predicted octanol–water partition coefficient (Wildman–Crippen LogP) is 3.07. The van der Waals surface area contributed by atoms with Gasteiger partial charge in [-0.3, -0.25) is 0 Å². The average molecular weight is 248 g/mol. The summed E-state index contributed by atoms with van der Waals surface area (Å²) in [5.74, 6) is 0. The summed E-state index contributed by atoms with van der Waals surface area (Å²) in [6.07, 6.45) is 4.64. The Morgan fingerprint density at radius 3 is 2.44 bits per heavy atom. The van der Waals surface area contributed by atoms with E-state index in [1.807, 2.05) is 0 Å². The molecule has 2 N–H and O–H groups in total. The number of hydrogen-bond acceptors (Lipinski definition) is 2. The second kappa shape index (κ2) is 8.28. The lowest BCUT2D eigenvalue weighted by molar-refractivity contribution is 0.227. The van der Waals surface area contributed by atoms with Gasteiger partial charge in [0.25, 0.3) is 0 Å². The summed E-state index contributed by atoms with van der Waals surface area (Å²) in [5.41, 5.74) is 7.60. The zero-order valence-corrected chi connectivity index (χ0v) is 12.1. The molecule has 0 aliphatic heterocycles. The molecule has 0 aliphatic carbocycles. The van der Waals surface area contributed by atoms with Gasteiger partial charge in [-0.25, -0.2) is 0 Å². The first-order chi connectivity index (χ1) is 8.63. The second-order valence-corrected chi connectivity index (χ2v) is 5.36. The van der Waals surface area contributed by atoms with Gasteiger partial charge in [0.1, 0.15) is 0 Å². The highest BCUT2D eigenvalue weighted by Crippen LogP contribution is 2.08. The van der Waals surface area contributed by atoms with Gasteiger partial charge >= 0.3 is 0 Å². The van der Waals surface area contributed by atoms with Crippen LogP contribution in [0.3, 0.4) is 0 Å². The maximum absolute atomic E-state index is 6.21. The Morgan fingerprint density at radius 1 is 1.17 bits per heavy atom. The van der Waals surface area contributed by atoms with E-state index in [0.29, 0.717) is 6.04 Å². The first-order valence-corrected chi connectivity index (χ1v) is 7.13. The molecule has 0 saturated carbocycles. The molecular weight excluding hydrogens is 220 g/mol. The second-order valence-electron chi connectivity index (χ2n) is 5.36. The fraction of sp³-hybridized carbons (Fsp3) is 0.625. The molecule has 2 nitrogen and oxygen atoms in total. The number of aryl methyl sites for hydroxylation is 1. The SMILES string of the molecule is CCCC(C)N(C)C[C@@H](N)CCc1ccccc1. The van der Waals surface area contributed by atoms with Crippen LogP contribution in [0.15, 0.2) is 30.3 Å². The maximum Gasteiger partial charge on any atom is 0.0170 e. The van der Waals surface area contributed by atoms with E-state index in [1.165, 1.54) is 18.4 Å². The van der Waals surface area contributed by atoms with Crippen molar-refractivity contribution in [1.29, 1.82) is 0 Å². The number of likely N-dealkylation sites (N-methyl/N-ethyl adjacent to an activating group) is 1. The predicted molar refractivity (Wildman–Crippen MR) is 79.7 cm³/mol. The molecule has 18 heavy (non-hydrogen) atoms. The van der Waals surface area contributed by atoms with Crippen LogP contribution < -0.4 is 5.73 Å². The Hall–Kier alpha value is -0.860.